The topological polar surface area (TPSA) is 63.2 Å². The van der Waals surface area contributed by atoms with Gasteiger partial charge in [-0.05, 0) is 26.0 Å². The molecule has 1 aromatic heterocycles. The molecule has 0 fully saturated rings. The number of benzene rings is 1. The summed E-state index contributed by atoms with van der Waals surface area (Å²) in [6.45, 7) is 5.44. The van der Waals surface area contributed by atoms with Crippen LogP contribution in [0.5, 0.6) is 0 Å². The molecule has 0 radical (unpaired) electrons. The summed E-state index contributed by atoms with van der Waals surface area (Å²) in [5.41, 5.74) is 1.96. The van der Waals surface area contributed by atoms with Crippen LogP contribution in [0.3, 0.4) is 0 Å². The Balaban J connectivity index is 0.00000312. The van der Waals surface area contributed by atoms with E-state index in [0.717, 1.165) is 21.1 Å². The summed E-state index contributed by atoms with van der Waals surface area (Å²) in [4.78, 5) is 17.6. The third-order valence-electron chi connectivity index (χ3n) is 3.46. The predicted molar refractivity (Wildman–Crippen MR) is 106 cm³/mol. The highest BCUT2D eigenvalue weighted by atomic mass is 35.5. The number of thiazole rings is 1. The molecular weight excluding hydrogens is 381 g/mol. The second kappa shape index (κ2) is 10.7. The Morgan fingerprint density at radius 3 is 2.68 bits per heavy atom. The Hall–Kier alpha value is -1.18. The number of aryl methyl sites for hydroxylation is 1. The number of amides is 1. The lowest BCUT2D eigenvalue weighted by Crippen LogP contribution is -2.36. The van der Waals surface area contributed by atoms with Gasteiger partial charge in [0, 0.05) is 24.2 Å². The van der Waals surface area contributed by atoms with Crippen LogP contribution >= 0.6 is 35.3 Å². The number of rotatable bonds is 8. The van der Waals surface area contributed by atoms with Crippen molar-refractivity contribution in [3.8, 4) is 10.6 Å². The summed E-state index contributed by atoms with van der Waals surface area (Å²) >= 11 is 7.52. The van der Waals surface area contributed by atoms with Crippen LogP contribution in [-0.4, -0.2) is 37.7 Å². The third-order valence-corrected chi connectivity index (χ3v) is 5.10. The van der Waals surface area contributed by atoms with E-state index >= 15 is 0 Å². The van der Waals surface area contributed by atoms with E-state index in [4.69, 9.17) is 16.3 Å². The van der Waals surface area contributed by atoms with Crippen LogP contribution in [0.15, 0.2) is 24.3 Å². The molecule has 0 saturated carbocycles. The van der Waals surface area contributed by atoms with Crippen LogP contribution < -0.4 is 10.6 Å². The number of carbonyl (C=O) groups excluding carboxylic acids is 1. The molecule has 0 spiro atoms. The maximum Gasteiger partial charge on any atom is 0.234 e. The number of hydrogen-bond donors (Lipinski definition) is 2. The molecule has 5 nitrogen and oxygen atoms in total. The first-order valence-corrected chi connectivity index (χ1v) is 8.93. The minimum atomic E-state index is -0.0831. The van der Waals surface area contributed by atoms with E-state index < -0.39 is 0 Å². The largest absolute Gasteiger partial charge is 0.383 e. The molecule has 2 rings (SSSR count). The fourth-order valence-corrected chi connectivity index (χ4v) is 3.46. The third kappa shape index (κ3) is 6.56. The minimum absolute atomic E-state index is 0. The second-order valence-electron chi connectivity index (χ2n) is 5.43. The fraction of sp³-hybridized carbons (Fsp3) is 0.412. The average molecular weight is 404 g/mol. The van der Waals surface area contributed by atoms with Crippen molar-refractivity contribution in [2.45, 2.75) is 19.9 Å². The van der Waals surface area contributed by atoms with Gasteiger partial charge in [0.25, 0.3) is 0 Å². The van der Waals surface area contributed by atoms with Crippen molar-refractivity contribution in [3.63, 3.8) is 0 Å². The summed E-state index contributed by atoms with van der Waals surface area (Å²) in [5.74, 6) is -0.0422. The van der Waals surface area contributed by atoms with Gasteiger partial charge in [0.2, 0.25) is 5.91 Å². The van der Waals surface area contributed by atoms with Gasteiger partial charge < -0.3 is 15.4 Å². The fourth-order valence-electron chi connectivity index (χ4n) is 2.26. The van der Waals surface area contributed by atoms with Crippen LogP contribution in [0.1, 0.15) is 23.5 Å². The highest BCUT2D eigenvalue weighted by molar-refractivity contribution is 7.15. The first-order valence-electron chi connectivity index (χ1n) is 7.73. The number of hydrogen-bond acceptors (Lipinski definition) is 5. The van der Waals surface area contributed by atoms with E-state index in [-0.39, 0.29) is 30.9 Å². The summed E-state index contributed by atoms with van der Waals surface area (Å²) < 4.78 is 4.93. The Kier molecular flexibility index (Phi) is 9.38. The molecule has 0 saturated heterocycles. The summed E-state index contributed by atoms with van der Waals surface area (Å²) in [6, 6.07) is 7.52. The molecule has 138 valence electrons. The SMILES string of the molecule is COCCNCC(=O)NC(C)c1sc(-c2ccc(Cl)cc2)nc1C.Cl. The number of nitrogens with zero attached hydrogens (tertiary/aromatic N) is 1. The van der Waals surface area contributed by atoms with E-state index in [1.54, 1.807) is 18.4 Å². The van der Waals surface area contributed by atoms with E-state index in [1.807, 2.05) is 38.1 Å². The molecule has 8 heteroatoms. The lowest BCUT2D eigenvalue weighted by Gasteiger charge is -2.13. The lowest BCUT2D eigenvalue weighted by atomic mass is 10.2. The van der Waals surface area contributed by atoms with Crippen molar-refractivity contribution in [2.75, 3.05) is 26.8 Å². The Bertz CT molecular complexity index is 677. The lowest BCUT2D eigenvalue weighted by molar-refractivity contribution is -0.120. The van der Waals surface area contributed by atoms with Gasteiger partial charge in [-0.25, -0.2) is 4.98 Å². The molecule has 1 atom stereocenters. The van der Waals surface area contributed by atoms with Crippen molar-refractivity contribution in [1.29, 1.82) is 0 Å². The number of nitrogens with one attached hydrogen (secondary N) is 2. The number of carbonyl (C=O) groups is 1. The minimum Gasteiger partial charge on any atom is -0.383 e. The highest BCUT2D eigenvalue weighted by Gasteiger charge is 2.17. The van der Waals surface area contributed by atoms with Gasteiger partial charge in [-0.3, -0.25) is 4.79 Å². The van der Waals surface area contributed by atoms with Gasteiger partial charge in [-0.15, -0.1) is 23.7 Å². The van der Waals surface area contributed by atoms with Gasteiger partial charge in [0.1, 0.15) is 5.01 Å². The van der Waals surface area contributed by atoms with Crippen LogP contribution in [0, 0.1) is 6.92 Å². The maximum atomic E-state index is 12.0. The molecule has 0 aliphatic carbocycles. The molecule has 1 heterocycles. The number of halogens is 2. The van der Waals surface area contributed by atoms with E-state index in [1.165, 1.54) is 0 Å². The predicted octanol–water partition coefficient (Wildman–Crippen LogP) is 3.61. The first-order chi connectivity index (χ1) is 11.5. The van der Waals surface area contributed by atoms with Gasteiger partial charge >= 0.3 is 0 Å². The van der Waals surface area contributed by atoms with E-state index in [0.29, 0.717) is 18.2 Å². The van der Waals surface area contributed by atoms with Crippen LogP contribution in [0.4, 0.5) is 0 Å². The van der Waals surface area contributed by atoms with Crippen molar-refractivity contribution in [1.82, 2.24) is 15.6 Å². The first kappa shape index (κ1) is 21.9. The number of aromatic nitrogens is 1. The zero-order chi connectivity index (χ0) is 17.5. The smallest absolute Gasteiger partial charge is 0.234 e. The highest BCUT2D eigenvalue weighted by Crippen LogP contribution is 2.32. The van der Waals surface area contributed by atoms with Crippen molar-refractivity contribution >= 4 is 41.3 Å². The van der Waals surface area contributed by atoms with E-state index in [9.17, 15) is 4.79 Å². The van der Waals surface area contributed by atoms with Crippen LogP contribution in [0.25, 0.3) is 10.6 Å². The Morgan fingerprint density at radius 1 is 1.36 bits per heavy atom. The molecule has 1 unspecified atom stereocenters. The zero-order valence-corrected chi connectivity index (χ0v) is 16.9. The monoisotopic (exact) mass is 403 g/mol. The second-order valence-corrected chi connectivity index (χ2v) is 6.90. The summed E-state index contributed by atoms with van der Waals surface area (Å²) in [7, 11) is 1.63. The van der Waals surface area contributed by atoms with Crippen molar-refractivity contribution < 1.29 is 9.53 Å². The normalized spacial score (nSPS) is 11.7. The molecule has 1 aromatic carbocycles. The molecular formula is C17H23Cl2N3O2S. The standard InChI is InChI=1S/C17H22ClN3O2S.ClH/c1-11(20-15(22)10-19-8-9-23-3)16-12(2)21-17(24-16)13-4-6-14(18)7-5-13;/h4-7,11,19H,8-10H2,1-3H3,(H,20,22);1H. The molecule has 2 N–H and O–H groups in total. The van der Waals surface area contributed by atoms with Crippen molar-refractivity contribution in [2.24, 2.45) is 0 Å². The summed E-state index contributed by atoms with van der Waals surface area (Å²) in [5, 5.41) is 7.66. The van der Waals surface area contributed by atoms with Crippen molar-refractivity contribution in [3.05, 3.63) is 39.9 Å². The molecule has 1 amide bonds. The van der Waals surface area contributed by atoms with Crippen LogP contribution in [-0.2, 0) is 9.53 Å². The molecule has 2 aromatic rings. The van der Waals surface area contributed by atoms with E-state index in [2.05, 4.69) is 15.6 Å². The van der Waals surface area contributed by atoms with Crippen LogP contribution in [0.2, 0.25) is 5.02 Å². The average Bonchev–Trinajstić information content (AvgIpc) is 2.94. The Morgan fingerprint density at radius 2 is 2.04 bits per heavy atom. The zero-order valence-electron chi connectivity index (χ0n) is 14.5. The van der Waals surface area contributed by atoms with Gasteiger partial charge in [0.15, 0.2) is 0 Å². The molecule has 0 aliphatic heterocycles. The molecule has 0 bridgehead atoms. The maximum absolute atomic E-state index is 12.0. The number of methoxy groups -OCH3 is 1. The number of ether oxygens (including phenoxy) is 1. The quantitative estimate of drug-likeness (QED) is 0.660. The summed E-state index contributed by atoms with van der Waals surface area (Å²) in [6.07, 6.45) is 0. The van der Waals surface area contributed by atoms with Gasteiger partial charge in [-0.1, -0.05) is 23.7 Å². The van der Waals surface area contributed by atoms with Gasteiger partial charge in [0.05, 0.1) is 29.8 Å². The van der Waals surface area contributed by atoms with Gasteiger partial charge in [-0.2, -0.15) is 0 Å². The molecule has 0 aliphatic rings. The molecule has 25 heavy (non-hydrogen) atoms. The Labute approximate surface area is 163 Å².